The highest BCUT2D eigenvalue weighted by molar-refractivity contribution is 5.87. The molecule has 11 nitrogen and oxygen atoms in total. The molecule has 0 spiro atoms. The molecule has 3 aromatic rings. The molecule has 6 heterocycles. The Balaban J connectivity index is 1.12. The molecule has 0 bridgehead atoms. The van der Waals surface area contributed by atoms with E-state index in [4.69, 9.17) is 18.9 Å². The Morgan fingerprint density at radius 2 is 2.08 bits per heavy atom. The minimum absolute atomic E-state index is 0.151. The van der Waals surface area contributed by atoms with Gasteiger partial charge in [0, 0.05) is 43.2 Å². The first-order valence-corrected chi connectivity index (χ1v) is 11.9. The van der Waals surface area contributed by atoms with Crippen LogP contribution in [0.4, 0.5) is 15.0 Å². The maximum Gasteiger partial charge on any atom is 0.415 e. The Morgan fingerprint density at radius 3 is 2.97 bits per heavy atom. The second-order valence-electron chi connectivity index (χ2n) is 9.01. The fraction of sp³-hybridized carbons (Fsp3) is 0.458. The zero-order chi connectivity index (χ0) is 24.6. The third-order valence-electron chi connectivity index (χ3n) is 6.87. The highest BCUT2D eigenvalue weighted by atomic mass is 19.1. The van der Waals surface area contributed by atoms with Crippen molar-refractivity contribution in [3.8, 4) is 17.5 Å². The molecule has 1 unspecified atom stereocenters. The van der Waals surface area contributed by atoms with Gasteiger partial charge in [-0.1, -0.05) is 0 Å². The van der Waals surface area contributed by atoms with E-state index in [0.717, 1.165) is 13.0 Å². The standard InChI is InChI=1S/C24H25FN6O5/c1-33-21-3-2-17-22(27-21)15(16(25)11-26-17)5-7-30-6-4-14-12-31(24(32)36-19(14)13-30)20-10-18-23(29-28-20)35-9-8-34-18/h2-3,10-11,14,19H,4-9,12-13H2,1H3/t14-,19?/m1/s1. The van der Waals surface area contributed by atoms with E-state index in [-0.39, 0.29) is 12.0 Å². The van der Waals surface area contributed by atoms with Gasteiger partial charge in [-0.3, -0.25) is 14.8 Å². The van der Waals surface area contributed by atoms with Crippen molar-refractivity contribution >= 4 is 22.9 Å². The highest BCUT2D eigenvalue weighted by Gasteiger charge is 2.40. The summed E-state index contributed by atoms with van der Waals surface area (Å²) in [4.78, 5) is 25.1. The predicted molar refractivity (Wildman–Crippen MR) is 125 cm³/mol. The molecule has 0 saturated carbocycles. The smallest absolute Gasteiger partial charge is 0.415 e. The van der Waals surface area contributed by atoms with Crippen LogP contribution in [0.15, 0.2) is 24.4 Å². The zero-order valence-electron chi connectivity index (χ0n) is 19.7. The largest absolute Gasteiger partial charge is 0.484 e. The maximum absolute atomic E-state index is 14.7. The summed E-state index contributed by atoms with van der Waals surface area (Å²) >= 11 is 0. The lowest BCUT2D eigenvalue weighted by Gasteiger charge is -2.43. The van der Waals surface area contributed by atoms with Crippen LogP contribution < -0.4 is 19.1 Å². The van der Waals surface area contributed by atoms with Gasteiger partial charge < -0.3 is 18.9 Å². The van der Waals surface area contributed by atoms with Gasteiger partial charge in [-0.2, -0.15) is 0 Å². The molecule has 2 fully saturated rings. The molecular weight excluding hydrogens is 471 g/mol. The molecule has 2 atom stereocenters. The van der Waals surface area contributed by atoms with Crippen molar-refractivity contribution in [2.24, 2.45) is 5.92 Å². The van der Waals surface area contributed by atoms with Crippen LogP contribution in [-0.2, 0) is 11.2 Å². The van der Waals surface area contributed by atoms with Crippen LogP contribution in [0.25, 0.3) is 11.0 Å². The minimum atomic E-state index is -0.466. The summed E-state index contributed by atoms with van der Waals surface area (Å²) in [5.41, 5.74) is 1.63. The van der Waals surface area contributed by atoms with Crippen molar-refractivity contribution in [3.63, 3.8) is 0 Å². The molecule has 0 aliphatic carbocycles. The molecule has 6 rings (SSSR count). The molecule has 36 heavy (non-hydrogen) atoms. The number of carbonyl (C=O) groups is 1. The van der Waals surface area contributed by atoms with E-state index in [9.17, 15) is 9.18 Å². The van der Waals surface area contributed by atoms with Gasteiger partial charge in [-0.05, 0) is 25.5 Å². The van der Waals surface area contributed by atoms with E-state index in [0.29, 0.717) is 79.2 Å². The third kappa shape index (κ3) is 4.21. The minimum Gasteiger partial charge on any atom is -0.484 e. The average molecular weight is 496 g/mol. The van der Waals surface area contributed by atoms with Gasteiger partial charge in [0.1, 0.15) is 25.1 Å². The number of amides is 1. The molecule has 1 amide bonds. The Kier molecular flexibility index (Phi) is 5.88. The average Bonchev–Trinajstić information content (AvgIpc) is 2.91. The number of hydrogen-bond donors (Lipinski definition) is 0. The van der Waals surface area contributed by atoms with Crippen LogP contribution in [0.3, 0.4) is 0 Å². The second kappa shape index (κ2) is 9.34. The molecule has 3 aromatic heterocycles. The summed E-state index contributed by atoms with van der Waals surface area (Å²) in [5, 5.41) is 8.17. The monoisotopic (exact) mass is 496 g/mol. The molecule has 12 heteroatoms. The number of halogens is 1. The number of rotatable bonds is 5. The molecular formula is C24H25FN6O5. The lowest BCUT2D eigenvalue weighted by atomic mass is 9.91. The van der Waals surface area contributed by atoms with E-state index in [1.165, 1.54) is 18.2 Å². The molecule has 3 aliphatic heterocycles. The van der Waals surface area contributed by atoms with Crippen molar-refractivity contribution in [1.29, 1.82) is 0 Å². The van der Waals surface area contributed by atoms with Crippen molar-refractivity contribution < 1.29 is 28.1 Å². The normalized spacial score (nSPS) is 21.7. The first-order chi connectivity index (χ1) is 17.6. The van der Waals surface area contributed by atoms with Crippen LogP contribution >= 0.6 is 0 Å². The number of likely N-dealkylation sites (tertiary alicyclic amines) is 1. The molecule has 188 valence electrons. The topological polar surface area (TPSA) is 112 Å². The fourth-order valence-corrected chi connectivity index (χ4v) is 4.94. The number of aromatic nitrogens is 4. The van der Waals surface area contributed by atoms with Crippen LogP contribution in [0.5, 0.6) is 17.5 Å². The summed E-state index contributed by atoms with van der Waals surface area (Å²) in [6, 6.07) is 5.14. The molecule has 0 radical (unpaired) electrons. The molecule has 2 saturated heterocycles. The van der Waals surface area contributed by atoms with Crippen LogP contribution in [0.1, 0.15) is 12.0 Å². The number of anilines is 1. The quantitative estimate of drug-likeness (QED) is 0.521. The summed E-state index contributed by atoms with van der Waals surface area (Å²) in [7, 11) is 1.53. The number of ether oxygens (including phenoxy) is 4. The van der Waals surface area contributed by atoms with Crippen molar-refractivity contribution in [1.82, 2.24) is 25.1 Å². The lowest BCUT2D eigenvalue weighted by molar-refractivity contribution is -0.00672. The number of carbonyl (C=O) groups excluding carboxylic acids is 1. The Bertz CT molecular complexity index is 1310. The lowest BCUT2D eigenvalue weighted by Crippen LogP contribution is -2.56. The first-order valence-electron chi connectivity index (χ1n) is 11.9. The number of fused-ring (bicyclic) bond motifs is 3. The Morgan fingerprint density at radius 1 is 1.19 bits per heavy atom. The van der Waals surface area contributed by atoms with Gasteiger partial charge >= 0.3 is 6.09 Å². The predicted octanol–water partition coefficient (Wildman–Crippen LogP) is 2.23. The summed E-state index contributed by atoms with van der Waals surface area (Å²) in [6.07, 6.45) is 1.81. The van der Waals surface area contributed by atoms with Gasteiger partial charge in [0.15, 0.2) is 11.6 Å². The van der Waals surface area contributed by atoms with E-state index < -0.39 is 11.9 Å². The highest BCUT2D eigenvalue weighted by Crippen LogP contribution is 2.34. The van der Waals surface area contributed by atoms with E-state index in [2.05, 4.69) is 25.1 Å². The molecule has 3 aliphatic rings. The van der Waals surface area contributed by atoms with Crippen LogP contribution in [-0.4, -0.2) is 83.8 Å². The van der Waals surface area contributed by atoms with Crippen molar-refractivity contribution in [2.75, 3.05) is 51.4 Å². The number of piperidine rings is 1. The van der Waals surface area contributed by atoms with E-state index >= 15 is 0 Å². The molecule has 0 aromatic carbocycles. The van der Waals surface area contributed by atoms with E-state index in [1.54, 1.807) is 18.2 Å². The van der Waals surface area contributed by atoms with Crippen LogP contribution in [0.2, 0.25) is 0 Å². The number of pyridine rings is 2. The van der Waals surface area contributed by atoms with Gasteiger partial charge in [-0.15, -0.1) is 10.2 Å². The summed E-state index contributed by atoms with van der Waals surface area (Å²) < 4.78 is 36.7. The maximum atomic E-state index is 14.7. The Hall–Kier alpha value is -3.80. The number of nitrogens with zero attached hydrogens (tertiary/aromatic N) is 6. The zero-order valence-corrected chi connectivity index (χ0v) is 19.7. The third-order valence-corrected chi connectivity index (χ3v) is 6.87. The molecule has 0 N–H and O–H groups in total. The number of hydrogen-bond acceptors (Lipinski definition) is 10. The first kappa shape index (κ1) is 22.7. The van der Waals surface area contributed by atoms with Crippen LogP contribution in [0, 0.1) is 11.7 Å². The second-order valence-corrected chi connectivity index (χ2v) is 9.01. The fourth-order valence-electron chi connectivity index (χ4n) is 4.94. The number of methoxy groups -OCH3 is 1. The van der Waals surface area contributed by atoms with E-state index in [1.807, 2.05) is 0 Å². The van der Waals surface area contributed by atoms with Crippen molar-refractivity contribution in [3.05, 3.63) is 35.8 Å². The van der Waals surface area contributed by atoms with Crippen molar-refractivity contribution in [2.45, 2.75) is 18.9 Å². The summed E-state index contributed by atoms with van der Waals surface area (Å²) in [5.74, 6) is 1.36. The van der Waals surface area contributed by atoms with Gasteiger partial charge in [0.25, 0.3) is 5.88 Å². The van der Waals surface area contributed by atoms with Gasteiger partial charge in [-0.25, -0.2) is 14.2 Å². The Labute approximate surface area is 206 Å². The van der Waals surface area contributed by atoms with Gasteiger partial charge in [0.2, 0.25) is 5.88 Å². The SMILES string of the molecule is COc1ccc2ncc(F)c(CCN3CC[C@@H]4CN(c5cc6c(nn5)OCCO6)C(=O)OC4C3)c2n1. The van der Waals surface area contributed by atoms with Gasteiger partial charge in [0.05, 0.1) is 24.3 Å². The summed E-state index contributed by atoms with van der Waals surface area (Å²) in [6.45, 7) is 3.32.